The number of nitrogens with zero attached hydrogens (tertiary/aromatic N) is 2. The summed E-state index contributed by atoms with van der Waals surface area (Å²) in [4.78, 5) is 14.7. The predicted molar refractivity (Wildman–Crippen MR) is 46.3 cm³/mol. The highest BCUT2D eigenvalue weighted by atomic mass is 16.5. The fraction of sp³-hybridized carbons (Fsp3) is 0.571. The number of carbonyl (C=O) groups is 1. The molecule has 1 aromatic rings. The molecule has 7 nitrogen and oxygen atoms in total. The van der Waals surface area contributed by atoms with Gasteiger partial charge in [0.25, 0.3) is 11.7 Å². The maximum atomic E-state index is 11.0. The van der Waals surface area contributed by atoms with Gasteiger partial charge in [0, 0.05) is 7.05 Å². The summed E-state index contributed by atoms with van der Waals surface area (Å²) in [5.41, 5.74) is 5.51. The molecule has 0 fully saturated rings. The fourth-order valence-corrected chi connectivity index (χ4v) is 0.781. The van der Waals surface area contributed by atoms with E-state index in [1.54, 1.807) is 0 Å². The molecule has 0 aromatic carbocycles. The number of nitrogens with one attached hydrogen (secondary N) is 1. The van der Waals surface area contributed by atoms with Gasteiger partial charge in [0.05, 0.1) is 6.10 Å². The van der Waals surface area contributed by atoms with Crippen LogP contribution in [0.3, 0.4) is 0 Å². The SMILES string of the molecule is CNC(=O)c1noc(C(N)C(C)O)n1. The van der Waals surface area contributed by atoms with Gasteiger partial charge < -0.3 is 20.7 Å². The molecule has 7 heteroatoms. The summed E-state index contributed by atoms with van der Waals surface area (Å²) in [7, 11) is 1.45. The molecule has 78 valence electrons. The number of nitrogens with two attached hydrogens (primary N) is 1. The molecular formula is C7H12N4O3. The van der Waals surface area contributed by atoms with Gasteiger partial charge in [-0.1, -0.05) is 5.16 Å². The van der Waals surface area contributed by atoms with Crippen LogP contribution in [0.15, 0.2) is 4.52 Å². The Hall–Kier alpha value is -1.47. The van der Waals surface area contributed by atoms with Crippen LogP contribution in [-0.2, 0) is 0 Å². The van der Waals surface area contributed by atoms with Gasteiger partial charge in [-0.15, -0.1) is 0 Å². The van der Waals surface area contributed by atoms with Crippen LogP contribution in [0.4, 0.5) is 0 Å². The maximum Gasteiger partial charge on any atom is 0.292 e. The third-order valence-electron chi connectivity index (χ3n) is 1.68. The van der Waals surface area contributed by atoms with Crippen LogP contribution in [0.5, 0.6) is 0 Å². The van der Waals surface area contributed by atoms with Crippen molar-refractivity contribution in [3.8, 4) is 0 Å². The molecule has 0 aliphatic rings. The quantitative estimate of drug-likeness (QED) is 0.565. The van der Waals surface area contributed by atoms with Gasteiger partial charge in [0.1, 0.15) is 6.04 Å². The van der Waals surface area contributed by atoms with Crippen LogP contribution < -0.4 is 11.1 Å². The maximum absolute atomic E-state index is 11.0. The van der Waals surface area contributed by atoms with Gasteiger partial charge in [0.15, 0.2) is 0 Å². The summed E-state index contributed by atoms with van der Waals surface area (Å²) in [5, 5.41) is 14.9. The molecule has 0 saturated carbocycles. The van der Waals surface area contributed by atoms with Crippen molar-refractivity contribution in [3.63, 3.8) is 0 Å². The van der Waals surface area contributed by atoms with Crippen molar-refractivity contribution in [2.24, 2.45) is 5.73 Å². The normalized spacial score (nSPS) is 14.9. The van der Waals surface area contributed by atoms with Crippen molar-refractivity contribution in [2.45, 2.75) is 19.1 Å². The Bertz CT molecular complexity index is 322. The number of aliphatic hydroxyl groups excluding tert-OH is 1. The van der Waals surface area contributed by atoms with Crippen LogP contribution in [0, 0.1) is 0 Å². The van der Waals surface area contributed by atoms with Crippen LogP contribution in [-0.4, -0.2) is 34.3 Å². The number of amides is 1. The topological polar surface area (TPSA) is 114 Å². The minimum Gasteiger partial charge on any atom is -0.391 e. The van der Waals surface area contributed by atoms with E-state index in [4.69, 9.17) is 15.4 Å². The van der Waals surface area contributed by atoms with Crippen molar-refractivity contribution in [1.29, 1.82) is 0 Å². The van der Waals surface area contributed by atoms with E-state index < -0.39 is 18.1 Å². The zero-order valence-electron chi connectivity index (χ0n) is 7.89. The van der Waals surface area contributed by atoms with E-state index in [0.717, 1.165) is 0 Å². The van der Waals surface area contributed by atoms with Crippen molar-refractivity contribution in [2.75, 3.05) is 7.05 Å². The first-order valence-corrected chi connectivity index (χ1v) is 4.05. The molecule has 0 bridgehead atoms. The smallest absolute Gasteiger partial charge is 0.292 e. The Morgan fingerprint density at radius 1 is 1.71 bits per heavy atom. The molecular weight excluding hydrogens is 188 g/mol. The first kappa shape index (κ1) is 10.6. The molecule has 0 aliphatic heterocycles. The van der Waals surface area contributed by atoms with Gasteiger partial charge in [-0.05, 0) is 6.92 Å². The molecule has 1 heterocycles. The Morgan fingerprint density at radius 2 is 2.36 bits per heavy atom. The van der Waals surface area contributed by atoms with E-state index in [2.05, 4.69) is 15.5 Å². The molecule has 0 radical (unpaired) electrons. The van der Waals surface area contributed by atoms with E-state index in [0.29, 0.717) is 0 Å². The average molecular weight is 200 g/mol. The van der Waals surface area contributed by atoms with Gasteiger partial charge in [-0.25, -0.2) is 0 Å². The Morgan fingerprint density at radius 3 is 2.86 bits per heavy atom. The highest BCUT2D eigenvalue weighted by molar-refractivity contribution is 5.89. The lowest BCUT2D eigenvalue weighted by molar-refractivity contribution is 0.0950. The van der Waals surface area contributed by atoms with Gasteiger partial charge >= 0.3 is 0 Å². The van der Waals surface area contributed by atoms with E-state index in [-0.39, 0.29) is 11.7 Å². The number of aliphatic hydroxyl groups is 1. The molecule has 2 atom stereocenters. The zero-order valence-corrected chi connectivity index (χ0v) is 7.89. The lowest BCUT2D eigenvalue weighted by Crippen LogP contribution is -2.24. The summed E-state index contributed by atoms with van der Waals surface area (Å²) in [6.45, 7) is 1.49. The molecule has 1 amide bonds. The fourth-order valence-electron chi connectivity index (χ4n) is 0.781. The third-order valence-corrected chi connectivity index (χ3v) is 1.68. The second-order valence-corrected chi connectivity index (χ2v) is 2.80. The molecule has 0 aliphatic carbocycles. The van der Waals surface area contributed by atoms with Crippen LogP contribution in [0.1, 0.15) is 29.5 Å². The molecule has 4 N–H and O–H groups in total. The first-order chi connectivity index (χ1) is 6.56. The van der Waals surface area contributed by atoms with E-state index in [9.17, 15) is 4.79 Å². The number of hydrogen-bond acceptors (Lipinski definition) is 6. The Balaban J connectivity index is 2.82. The average Bonchev–Trinajstić information content (AvgIpc) is 2.64. The van der Waals surface area contributed by atoms with Crippen LogP contribution in [0.2, 0.25) is 0 Å². The van der Waals surface area contributed by atoms with E-state index >= 15 is 0 Å². The lowest BCUT2D eigenvalue weighted by Gasteiger charge is -2.08. The largest absolute Gasteiger partial charge is 0.391 e. The third kappa shape index (κ3) is 2.06. The van der Waals surface area contributed by atoms with Gasteiger partial charge in [-0.2, -0.15) is 4.98 Å². The zero-order chi connectivity index (χ0) is 10.7. The second kappa shape index (κ2) is 4.16. The minimum atomic E-state index is -0.812. The van der Waals surface area contributed by atoms with Crippen molar-refractivity contribution in [1.82, 2.24) is 15.5 Å². The Kier molecular flexibility index (Phi) is 3.15. The minimum absolute atomic E-state index is 0.0404. The predicted octanol–water partition coefficient (Wildman–Crippen LogP) is -1.19. The van der Waals surface area contributed by atoms with E-state index in [1.165, 1.54) is 14.0 Å². The molecule has 1 rings (SSSR count). The second-order valence-electron chi connectivity index (χ2n) is 2.80. The van der Waals surface area contributed by atoms with Crippen molar-refractivity contribution >= 4 is 5.91 Å². The summed E-state index contributed by atoms with van der Waals surface area (Å²) in [6, 6.07) is -0.777. The van der Waals surface area contributed by atoms with Gasteiger partial charge in [-0.3, -0.25) is 4.79 Å². The standard InChI is InChI=1S/C7H12N4O3/c1-3(12)4(8)7-10-5(11-14-7)6(13)9-2/h3-4,12H,8H2,1-2H3,(H,9,13). The molecule has 0 saturated heterocycles. The summed E-state index contributed by atoms with van der Waals surface area (Å²) in [6.07, 6.45) is -0.812. The highest BCUT2D eigenvalue weighted by Gasteiger charge is 2.21. The molecule has 14 heavy (non-hydrogen) atoms. The lowest BCUT2D eigenvalue weighted by atomic mass is 10.2. The number of hydrogen-bond donors (Lipinski definition) is 3. The van der Waals surface area contributed by atoms with Gasteiger partial charge in [0.2, 0.25) is 5.89 Å². The number of rotatable bonds is 3. The highest BCUT2D eigenvalue weighted by Crippen LogP contribution is 2.11. The van der Waals surface area contributed by atoms with Crippen LogP contribution in [0.25, 0.3) is 0 Å². The molecule has 0 spiro atoms. The molecule has 1 aromatic heterocycles. The Labute approximate surface area is 80.3 Å². The summed E-state index contributed by atoms with van der Waals surface area (Å²) in [5.74, 6) is -0.519. The number of aromatic nitrogens is 2. The van der Waals surface area contributed by atoms with E-state index in [1.807, 2.05) is 0 Å². The monoisotopic (exact) mass is 200 g/mol. The summed E-state index contributed by atoms with van der Waals surface area (Å²) < 4.78 is 4.70. The number of carbonyl (C=O) groups excluding carboxylic acids is 1. The molecule has 2 unspecified atom stereocenters. The van der Waals surface area contributed by atoms with Crippen LogP contribution >= 0.6 is 0 Å². The van der Waals surface area contributed by atoms with Crippen molar-refractivity contribution in [3.05, 3.63) is 11.7 Å². The van der Waals surface area contributed by atoms with Crippen molar-refractivity contribution < 1.29 is 14.4 Å². The summed E-state index contributed by atoms with van der Waals surface area (Å²) >= 11 is 0. The first-order valence-electron chi connectivity index (χ1n) is 4.05.